The van der Waals surface area contributed by atoms with Gasteiger partial charge in [0.15, 0.2) is 17.5 Å². The van der Waals surface area contributed by atoms with Crippen molar-refractivity contribution in [1.82, 2.24) is 14.1 Å². The van der Waals surface area contributed by atoms with Gasteiger partial charge in [-0.3, -0.25) is 8.80 Å². The molecule has 1 N–H and O–H groups in total. The van der Waals surface area contributed by atoms with Crippen molar-refractivity contribution in [1.29, 1.82) is 0 Å². The first-order chi connectivity index (χ1) is 29.9. The monoisotopic (exact) mass is 828 g/mol. The van der Waals surface area contributed by atoms with E-state index in [1.165, 1.54) is 44.1 Å². The lowest BCUT2D eigenvalue weighted by Gasteiger charge is -2.46. The topological polar surface area (TPSA) is 100 Å². The minimum Gasteiger partial charge on any atom is -0.361 e. The van der Waals surface area contributed by atoms with E-state index in [1.54, 1.807) is 0 Å². The molecule has 2 fully saturated rings. The molecule has 1 aromatic heterocycles. The van der Waals surface area contributed by atoms with Gasteiger partial charge in [-0.25, -0.2) is 25.0 Å². The molecule has 2 saturated carbocycles. The molecule has 4 aliphatic carbocycles. The fourth-order valence-electron chi connectivity index (χ4n) is 12.1. The SMILES string of the molecule is CC1CCCC(C)C1CO[Si]1(OCC2C(C)CCCC2C)N2/C3=N\C4=NC(=N\c5c6ccccc6c(n51)/N=C1\N=C(NC2c2ccccc23)C2=C1C=CCC2)/C1=C4C=CCC1. The maximum absolute atomic E-state index is 8.12. The summed E-state index contributed by atoms with van der Waals surface area (Å²) >= 11 is 0. The van der Waals surface area contributed by atoms with Gasteiger partial charge in [0.1, 0.15) is 29.5 Å². The number of amidine groups is 5. The number of benzene rings is 2. The number of nitrogens with zero attached hydrogens (tertiary/aromatic N) is 7. The summed E-state index contributed by atoms with van der Waals surface area (Å²) < 4.78 is 21.0. The minimum atomic E-state index is -4.07. The van der Waals surface area contributed by atoms with E-state index in [1.807, 2.05) is 0 Å². The van der Waals surface area contributed by atoms with Gasteiger partial charge >= 0.3 is 8.88 Å². The van der Waals surface area contributed by atoms with Gasteiger partial charge in [0.25, 0.3) is 0 Å². The van der Waals surface area contributed by atoms with E-state index in [0.717, 1.165) is 93.4 Å². The molecule has 12 rings (SSSR count). The summed E-state index contributed by atoms with van der Waals surface area (Å²) in [6.45, 7) is 10.8. The maximum Gasteiger partial charge on any atom is 0.599 e. The van der Waals surface area contributed by atoms with Crippen LogP contribution in [0.5, 0.6) is 0 Å². The largest absolute Gasteiger partial charge is 0.599 e. The summed E-state index contributed by atoms with van der Waals surface area (Å²) in [6.07, 6.45) is 19.5. The highest BCUT2D eigenvalue weighted by atomic mass is 28.4. The predicted octanol–water partition coefficient (Wildman–Crippen LogP) is 10.7. The van der Waals surface area contributed by atoms with Crippen molar-refractivity contribution < 1.29 is 8.85 Å². The lowest BCUT2D eigenvalue weighted by molar-refractivity contribution is 0.0264. The van der Waals surface area contributed by atoms with Crippen molar-refractivity contribution in [2.75, 3.05) is 13.2 Å². The van der Waals surface area contributed by atoms with Crippen molar-refractivity contribution in [3.8, 4) is 0 Å². The highest BCUT2D eigenvalue weighted by molar-refractivity contribution is 6.68. The first-order valence-corrected chi connectivity index (χ1v) is 24.9. The van der Waals surface area contributed by atoms with Gasteiger partial charge in [-0.15, -0.1) is 0 Å². The van der Waals surface area contributed by atoms with Crippen molar-refractivity contribution in [3.05, 3.63) is 106 Å². The van der Waals surface area contributed by atoms with Gasteiger partial charge in [-0.1, -0.05) is 139 Å². The Morgan fingerprint density at radius 2 is 1.20 bits per heavy atom. The summed E-state index contributed by atoms with van der Waals surface area (Å²) in [7, 11) is -4.07. The fourth-order valence-corrected chi connectivity index (χ4v) is 15.6. The van der Waals surface area contributed by atoms with Gasteiger partial charge in [-0.2, -0.15) is 0 Å². The van der Waals surface area contributed by atoms with Crippen LogP contribution in [0.2, 0.25) is 0 Å². The molecule has 6 bridgehead atoms. The van der Waals surface area contributed by atoms with Crippen LogP contribution in [0.15, 0.2) is 120 Å². The Balaban J connectivity index is 1.21. The van der Waals surface area contributed by atoms with E-state index in [-0.39, 0.29) is 0 Å². The molecule has 2 aromatic carbocycles. The molecule has 11 heteroatoms. The molecule has 0 radical (unpaired) electrons. The van der Waals surface area contributed by atoms with Crippen LogP contribution in [-0.2, 0) is 8.85 Å². The van der Waals surface area contributed by atoms with Crippen LogP contribution in [0.4, 0.5) is 11.6 Å². The third kappa shape index (κ3) is 5.82. The molecule has 6 heterocycles. The summed E-state index contributed by atoms with van der Waals surface area (Å²) in [4.78, 5) is 27.9. The Morgan fingerprint density at radius 3 is 1.85 bits per heavy atom. The third-order valence-corrected chi connectivity index (χ3v) is 18.8. The van der Waals surface area contributed by atoms with E-state index < -0.39 is 15.0 Å². The molecule has 5 aliphatic heterocycles. The number of nitrogens with one attached hydrogen (secondary N) is 1. The summed E-state index contributed by atoms with van der Waals surface area (Å²) in [5.74, 6) is 8.19. The Kier molecular flexibility index (Phi) is 9.01. The molecular weight excluding hydrogens is 773 g/mol. The quantitative estimate of drug-likeness (QED) is 0.250. The highest BCUT2D eigenvalue weighted by Crippen LogP contribution is 2.50. The Bertz CT molecular complexity index is 2610. The van der Waals surface area contributed by atoms with Gasteiger partial charge in [0, 0.05) is 57.4 Å². The zero-order valence-corrected chi connectivity index (χ0v) is 36.9. The summed E-state index contributed by atoms with van der Waals surface area (Å²) in [5, 5.41) is 6.09. The van der Waals surface area contributed by atoms with E-state index in [4.69, 9.17) is 33.8 Å². The number of rotatable bonds is 6. The number of hydrogen-bond acceptors (Lipinski definition) is 9. The number of aromatic nitrogens is 1. The van der Waals surface area contributed by atoms with Crippen molar-refractivity contribution in [3.63, 3.8) is 0 Å². The number of hydrogen-bond donors (Lipinski definition) is 1. The molecule has 5 unspecified atom stereocenters. The summed E-state index contributed by atoms with van der Waals surface area (Å²) in [5.41, 5.74) is 6.65. The molecule has 0 spiro atoms. The van der Waals surface area contributed by atoms with Crippen LogP contribution in [0.3, 0.4) is 0 Å². The molecule has 10 nitrogen and oxygen atoms in total. The number of aliphatic imine (C=N–C) groups is 5. The van der Waals surface area contributed by atoms with E-state index in [9.17, 15) is 0 Å². The first-order valence-electron chi connectivity index (χ1n) is 23.2. The molecule has 5 atom stereocenters. The van der Waals surface area contributed by atoms with Gasteiger partial charge in [0.05, 0.1) is 0 Å². The van der Waals surface area contributed by atoms with Crippen molar-refractivity contribution in [2.24, 2.45) is 60.5 Å². The van der Waals surface area contributed by atoms with Gasteiger partial charge in [0.2, 0.25) is 0 Å². The first kappa shape index (κ1) is 37.8. The minimum absolute atomic E-state index is 0.364. The summed E-state index contributed by atoms with van der Waals surface area (Å²) in [6, 6.07) is 17.4. The Morgan fingerprint density at radius 1 is 0.639 bits per heavy atom. The standard InChI is InChI=1S/C50H56N8O2Si/c1-29-15-13-16-30(2)41(29)27-59-61(60-28-42-31(3)17-14-18-32(42)4)57-47-37-23-9-10-24-38(37)49(57)55-45-35-21-7-8-22-36(35)46(52-45)56-50-40-26-12-11-25-39(40)48(58(50)61)54-44-34-20-6-5-19-33(34)43(51-44)53-47/h5,8-12,19,22-26,29-32,41-42,48H,6-7,13-18,20-21,27-28H2,1-4H3,(H,51,53,54)/b55-45-,56-50-. The van der Waals surface area contributed by atoms with E-state index in [2.05, 4.69) is 115 Å². The predicted molar refractivity (Wildman–Crippen MR) is 247 cm³/mol. The van der Waals surface area contributed by atoms with Crippen molar-refractivity contribution in [2.45, 2.75) is 98.1 Å². The second-order valence-corrected chi connectivity index (χ2v) is 21.8. The lowest BCUT2D eigenvalue weighted by atomic mass is 9.74. The Hall–Kier alpha value is -4.97. The zero-order valence-electron chi connectivity index (χ0n) is 35.9. The molecule has 61 heavy (non-hydrogen) atoms. The molecule has 9 aliphatic rings. The normalized spacial score (nSPS) is 34.7. The number of fused-ring (bicyclic) bond motifs is 12. The van der Waals surface area contributed by atoms with Gasteiger partial charge < -0.3 is 14.2 Å². The highest BCUT2D eigenvalue weighted by Gasteiger charge is 2.62. The zero-order chi connectivity index (χ0) is 41.0. The molecule has 3 aromatic rings. The maximum atomic E-state index is 8.12. The van der Waals surface area contributed by atoms with Crippen LogP contribution >= 0.6 is 0 Å². The molecular formula is C50H56N8O2Si. The molecule has 0 saturated heterocycles. The smallest absolute Gasteiger partial charge is 0.361 e. The Labute approximate surface area is 360 Å². The average molecular weight is 829 g/mol. The average Bonchev–Trinajstić information content (AvgIpc) is 3.99. The van der Waals surface area contributed by atoms with Crippen LogP contribution in [0.25, 0.3) is 10.8 Å². The van der Waals surface area contributed by atoms with Crippen LogP contribution < -0.4 is 5.32 Å². The third-order valence-electron chi connectivity index (χ3n) is 15.6. The van der Waals surface area contributed by atoms with E-state index >= 15 is 0 Å². The molecule has 0 amide bonds. The molecule has 312 valence electrons. The number of allylic oxidation sites excluding steroid dienone is 2. The second kappa shape index (κ2) is 14.6. The van der Waals surface area contributed by atoms with E-state index in [0.29, 0.717) is 60.4 Å². The lowest BCUT2D eigenvalue weighted by Crippen LogP contribution is -2.68. The van der Waals surface area contributed by atoms with Crippen LogP contribution in [0.1, 0.15) is 109 Å². The van der Waals surface area contributed by atoms with Crippen LogP contribution in [0, 0.1) is 35.5 Å². The second-order valence-electron chi connectivity index (χ2n) is 19.2. The van der Waals surface area contributed by atoms with Crippen LogP contribution in [-0.4, -0.2) is 60.1 Å². The van der Waals surface area contributed by atoms with Crippen molar-refractivity contribution >= 4 is 60.5 Å². The fraction of sp³-hybridized carbons (Fsp3) is 0.460. The van der Waals surface area contributed by atoms with Gasteiger partial charge in [-0.05, 0) is 61.2 Å².